The van der Waals surface area contributed by atoms with Crippen molar-refractivity contribution in [1.29, 1.82) is 0 Å². The Labute approximate surface area is 337 Å². The standard InChI is InChI=1S/C42H18B10N4/c1-42(2)19-11-5-9-17-15-7-3-4-8-16(15)18-10-6-12-21-24(18)26-22(14-13-20(42)25(26)23(17)19)56(21)41-54-39(27-29(43)33(47)37(51)34(48)30(27)44)53-40(55-41)28-31(45)35(49)38(52)36(50)32(28)46/h3-14H,1-2H3. The summed E-state index contributed by atoms with van der Waals surface area (Å²) in [4.78, 5) is 15.0. The third-order valence-electron chi connectivity index (χ3n) is 11.8. The second-order valence-corrected chi connectivity index (χ2v) is 15.0. The van der Waals surface area contributed by atoms with Crippen LogP contribution in [0.2, 0.25) is 0 Å². The predicted octanol–water partition coefficient (Wildman–Crippen LogP) is -1.66. The molecule has 0 saturated heterocycles. The van der Waals surface area contributed by atoms with Crippen LogP contribution in [0.1, 0.15) is 25.0 Å². The first-order chi connectivity index (χ1) is 26.7. The molecule has 0 bridgehead atoms. The van der Waals surface area contributed by atoms with E-state index in [1.807, 2.05) is 10.6 Å². The molecular weight excluding hydrogens is 669 g/mol. The third kappa shape index (κ3) is 4.42. The molecule has 20 radical (unpaired) electrons. The molecule has 14 heteroatoms. The van der Waals surface area contributed by atoms with Gasteiger partial charge in [-0.1, -0.05) is 96.4 Å². The Balaban J connectivity index is 1.44. The van der Waals surface area contributed by atoms with Crippen LogP contribution in [0.4, 0.5) is 0 Å². The second kappa shape index (κ2) is 11.9. The van der Waals surface area contributed by atoms with Crippen LogP contribution in [0.25, 0.3) is 82.8 Å². The molecule has 1 aliphatic carbocycles. The molecule has 0 amide bonds. The highest BCUT2D eigenvalue weighted by atomic mass is 15.2. The molecule has 9 aromatic rings. The fourth-order valence-electron chi connectivity index (χ4n) is 8.90. The molecule has 56 heavy (non-hydrogen) atoms. The average molecular weight is 687 g/mol. The molecule has 0 unspecified atom stereocenters. The van der Waals surface area contributed by atoms with Crippen LogP contribution in [-0.2, 0) is 5.41 Å². The van der Waals surface area contributed by atoms with Crippen LogP contribution >= 0.6 is 0 Å². The van der Waals surface area contributed by atoms with Crippen molar-refractivity contribution >= 4 is 187 Å². The van der Waals surface area contributed by atoms with E-state index in [1.165, 1.54) is 27.3 Å². The number of hydrogen-bond donors (Lipinski definition) is 0. The van der Waals surface area contributed by atoms with Gasteiger partial charge in [0.15, 0.2) is 11.6 Å². The number of aromatic nitrogens is 4. The molecule has 7 aromatic carbocycles. The molecule has 4 nitrogen and oxygen atoms in total. The molecule has 0 saturated carbocycles. The topological polar surface area (TPSA) is 43.6 Å². The fourth-order valence-corrected chi connectivity index (χ4v) is 8.90. The fraction of sp³-hybridized carbons (Fsp3) is 0.0714. The molecule has 236 valence electrons. The van der Waals surface area contributed by atoms with E-state index in [4.69, 9.17) is 93.4 Å². The normalized spacial score (nSPS) is 13.3. The Kier molecular flexibility index (Phi) is 7.48. The summed E-state index contributed by atoms with van der Waals surface area (Å²) in [5.74, 6) is 0.254. The molecule has 10 rings (SSSR count). The summed E-state index contributed by atoms with van der Waals surface area (Å²) in [6.45, 7) is 4.55. The monoisotopic (exact) mass is 688 g/mol. The summed E-state index contributed by atoms with van der Waals surface area (Å²) >= 11 is 0. The number of fused-ring (bicyclic) bond motifs is 3. The Morgan fingerprint density at radius 1 is 0.393 bits per heavy atom. The maximum Gasteiger partial charge on any atom is 0.238 e. The third-order valence-corrected chi connectivity index (χ3v) is 11.8. The van der Waals surface area contributed by atoms with E-state index in [0.717, 1.165) is 38.0 Å². The van der Waals surface area contributed by atoms with Gasteiger partial charge < -0.3 is 0 Å². The Morgan fingerprint density at radius 2 is 0.821 bits per heavy atom. The minimum absolute atomic E-state index is 0.0291. The number of hydrogen-bond acceptors (Lipinski definition) is 3. The van der Waals surface area contributed by atoms with Gasteiger partial charge in [-0.2, -0.15) is 9.97 Å². The van der Waals surface area contributed by atoms with Gasteiger partial charge in [0.05, 0.1) is 11.0 Å². The molecular formula is C42H18B10N4. The van der Waals surface area contributed by atoms with Crippen LogP contribution in [0.5, 0.6) is 0 Å². The average Bonchev–Trinajstić information content (AvgIpc) is 3.66. The zero-order valence-corrected chi connectivity index (χ0v) is 30.5. The second-order valence-electron chi connectivity index (χ2n) is 15.0. The molecule has 0 spiro atoms. The van der Waals surface area contributed by atoms with E-state index in [9.17, 15) is 0 Å². The van der Waals surface area contributed by atoms with Crippen molar-refractivity contribution in [1.82, 2.24) is 19.5 Å². The summed E-state index contributed by atoms with van der Waals surface area (Å²) in [5.41, 5.74) is 4.53. The summed E-state index contributed by atoms with van der Waals surface area (Å²) < 4.78 is 2.00. The van der Waals surface area contributed by atoms with Crippen LogP contribution in [0.3, 0.4) is 0 Å². The lowest BCUT2D eigenvalue weighted by Gasteiger charge is -2.23. The lowest BCUT2D eigenvalue weighted by molar-refractivity contribution is 0.663. The van der Waals surface area contributed by atoms with Crippen molar-refractivity contribution in [3.8, 4) is 28.7 Å². The maximum atomic E-state index is 6.62. The lowest BCUT2D eigenvalue weighted by Crippen LogP contribution is -2.55. The number of benzene rings is 6. The van der Waals surface area contributed by atoms with Gasteiger partial charge in [-0.3, -0.25) is 4.57 Å². The van der Waals surface area contributed by atoms with Gasteiger partial charge in [0.25, 0.3) is 0 Å². The number of rotatable bonds is 3. The highest BCUT2D eigenvalue weighted by Gasteiger charge is 2.36. The van der Waals surface area contributed by atoms with Crippen molar-refractivity contribution in [3.63, 3.8) is 0 Å². The van der Waals surface area contributed by atoms with E-state index in [-0.39, 0.29) is 88.8 Å². The van der Waals surface area contributed by atoms with Crippen LogP contribution in [0.15, 0.2) is 72.8 Å². The quantitative estimate of drug-likeness (QED) is 0.209. The van der Waals surface area contributed by atoms with E-state index in [1.54, 1.807) is 0 Å². The minimum atomic E-state index is -0.279. The highest BCUT2D eigenvalue weighted by Crippen LogP contribution is 2.52. The van der Waals surface area contributed by atoms with Crippen molar-refractivity contribution in [2.75, 3.05) is 0 Å². The minimum Gasteiger partial charge on any atom is -0.278 e. The maximum absolute atomic E-state index is 6.62. The smallest absolute Gasteiger partial charge is 0.238 e. The first-order valence-electron chi connectivity index (χ1n) is 17.9. The number of nitrogens with zero attached hydrogens (tertiary/aromatic N) is 4. The van der Waals surface area contributed by atoms with Gasteiger partial charge >= 0.3 is 0 Å². The van der Waals surface area contributed by atoms with E-state index < -0.39 is 0 Å². The highest BCUT2D eigenvalue weighted by molar-refractivity contribution is 6.70. The van der Waals surface area contributed by atoms with Crippen molar-refractivity contribution in [2.24, 2.45) is 0 Å². The van der Waals surface area contributed by atoms with E-state index in [2.05, 4.69) is 80.6 Å². The van der Waals surface area contributed by atoms with Crippen molar-refractivity contribution < 1.29 is 0 Å². The summed E-state index contributed by atoms with van der Waals surface area (Å²) in [6, 6.07) is 25.7. The van der Waals surface area contributed by atoms with Crippen molar-refractivity contribution in [3.05, 3.63) is 83.9 Å². The van der Waals surface area contributed by atoms with E-state index in [0.29, 0.717) is 0 Å². The van der Waals surface area contributed by atoms with Gasteiger partial charge in [-0.05, 0) is 55.6 Å². The van der Waals surface area contributed by atoms with Gasteiger partial charge in [0.1, 0.15) is 78.5 Å². The lowest BCUT2D eigenvalue weighted by atomic mass is 9.60. The Hall–Kier alpha value is -5.22. The van der Waals surface area contributed by atoms with E-state index >= 15 is 0 Å². The van der Waals surface area contributed by atoms with Gasteiger partial charge in [0, 0.05) is 27.3 Å². The molecule has 0 fully saturated rings. The molecule has 0 N–H and O–H groups in total. The van der Waals surface area contributed by atoms with Crippen molar-refractivity contribution in [2.45, 2.75) is 19.3 Å². The summed E-state index contributed by atoms with van der Waals surface area (Å²) in [6.07, 6.45) is 0. The van der Waals surface area contributed by atoms with Gasteiger partial charge in [0.2, 0.25) is 5.95 Å². The van der Waals surface area contributed by atoms with Crippen LogP contribution < -0.4 is 54.6 Å². The zero-order chi connectivity index (χ0) is 39.3. The SMILES string of the molecule is [B]c1c([B])c([B])c(-c2nc(-c3c([B])c([B])c([B])c([B])c3[B])nc(-n3c4cccc5c6ccccc6c6cccc7c6c6c(ccc3c6c54)C7(C)C)n2)c([B])c1[B]. The Morgan fingerprint density at radius 3 is 1.36 bits per heavy atom. The van der Waals surface area contributed by atoms with Crippen LogP contribution in [-0.4, -0.2) is 98.0 Å². The first kappa shape index (κ1) is 35.2. The molecule has 1 aliphatic rings. The van der Waals surface area contributed by atoms with Gasteiger partial charge in [-0.15, -0.1) is 32.8 Å². The zero-order valence-electron chi connectivity index (χ0n) is 30.5. The van der Waals surface area contributed by atoms with Gasteiger partial charge in [-0.25, -0.2) is 4.98 Å². The Bertz CT molecular complexity index is 3150. The largest absolute Gasteiger partial charge is 0.278 e. The molecule has 0 atom stereocenters. The molecule has 0 aliphatic heterocycles. The molecule has 2 aromatic heterocycles. The van der Waals surface area contributed by atoms with Crippen LogP contribution in [0, 0.1) is 0 Å². The summed E-state index contributed by atoms with van der Waals surface area (Å²) in [7, 11) is 64.3. The summed E-state index contributed by atoms with van der Waals surface area (Å²) in [5, 5.41) is 8.95. The predicted molar refractivity (Wildman–Crippen MR) is 244 cm³/mol. The first-order valence-corrected chi connectivity index (χ1v) is 17.9. The molecule has 2 heterocycles.